The summed E-state index contributed by atoms with van der Waals surface area (Å²) in [5, 5.41) is 0. The summed E-state index contributed by atoms with van der Waals surface area (Å²) < 4.78 is 0. The van der Waals surface area contributed by atoms with E-state index in [2.05, 4.69) is 54.8 Å². The van der Waals surface area contributed by atoms with E-state index in [0.717, 1.165) is 11.8 Å². The monoisotopic (exact) mass is 328 g/mol. The lowest BCUT2D eigenvalue weighted by Gasteiger charge is -2.39. The first-order valence-electron chi connectivity index (χ1n) is 10.2. The lowest BCUT2D eigenvalue weighted by Crippen LogP contribution is -2.48. The highest BCUT2D eigenvalue weighted by Crippen LogP contribution is 2.29. The second-order valence-electron chi connectivity index (χ2n) is 8.31. The van der Waals surface area contributed by atoms with Crippen LogP contribution in [-0.2, 0) is 0 Å². The van der Waals surface area contributed by atoms with Crippen LogP contribution < -0.4 is 4.90 Å². The molecule has 1 aromatic rings. The Bertz CT molecular complexity index is 479. The van der Waals surface area contributed by atoms with E-state index in [1.165, 1.54) is 76.1 Å². The van der Waals surface area contributed by atoms with Crippen molar-refractivity contribution >= 4 is 5.69 Å². The molecule has 2 heteroatoms. The lowest BCUT2D eigenvalue weighted by molar-refractivity contribution is 0.177. The predicted octanol–water partition coefficient (Wildman–Crippen LogP) is 5.15. The van der Waals surface area contributed by atoms with Crippen LogP contribution in [0.15, 0.2) is 24.3 Å². The second-order valence-corrected chi connectivity index (χ2v) is 8.31. The van der Waals surface area contributed by atoms with E-state index >= 15 is 0 Å². The first kappa shape index (κ1) is 17.8. The fraction of sp³-hybridized carbons (Fsp3) is 0.727. The summed E-state index contributed by atoms with van der Waals surface area (Å²) in [6.45, 7) is 13.2. The van der Waals surface area contributed by atoms with Gasteiger partial charge in [0.25, 0.3) is 0 Å². The molecule has 0 N–H and O–H groups in total. The van der Waals surface area contributed by atoms with Crippen LogP contribution in [0.4, 0.5) is 5.69 Å². The zero-order valence-electron chi connectivity index (χ0n) is 16.0. The average Bonchev–Trinajstić information content (AvgIpc) is 2.64. The van der Waals surface area contributed by atoms with E-state index in [0.29, 0.717) is 5.92 Å². The molecule has 1 aliphatic carbocycles. The van der Waals surface area contributed by atoms with Gasteiger partial charge in [0.1, 0.15) is 0 Å². The number of rotatable bonds is 5. The highest BCUT2D eigenvalue weighted by Gasteiger charge is 2.23. The maximum Gasteiger partial charge on any atom is 0.0367 e. The maximum atomic E-state index is 2.71. The molecular weight excluding hydrogens is 292 g/mol. The SMILES string of the molecule is CCC(C)c1ccc(N2CCN(CC3CCC(C)CC3)CC2)cc1. The van der Waals surface area contributed by atoms with E-state index in [1.54, 1.807) is 0 Å². The standard InChI is InChI=1S/C22H36N2/c1-4-19(3)21-9-11-22(12-10-21)24-15-13-23(14-16-24)17-20-7-5-18(2)6-8-20/h9-12,18-20H,4-8,13-17H2,1-3H3. The number of piperazine rings is 1. The normalized spacial score (nSPS) is 27.2. The third-order valence-electron chi connectivity index (χ3n) is 6.46. The van der Waals surface area contributed by atoms with E-state index in [1.807, 2.05) is 0 Å². The van der Waals surface area contributed by atoms with Crippen molar-refractivity contribution < 1.29 is 0 Å². The van der Waals surface area contributed by atoms with Gasteiger partial charge in [-0.05, 0) is 54.7 Å². The van der Waals surface area contributed by atoms with E-state index in [9.17, 15) is 0 Å². The average molecular weight is 329 g/mol. The highest BCUT2D eigenvalue weighted by atomic mass is 15.3. The van der Waals surface area contributed by atoms with Crippen molar-refractivity contribution in [2.75, 3.05) is 37.6 Å². The smallest absolute Gasteiger partial charge is 0.0367 e. The zero-order valence-corrected chi connectivity index (χ0v) is 16.0. The highest BCUT2D eigenvalue weighted by molar-refractivity contribution is 5.48. The van der Waals surface area contributed by atoms with Crippen LogP contribution in [0.5, 0.6) is 0 Å². The summed E-state index contributed by atoms with van der Waals surface area (Å²) in [5.74, 6) is 2.60. The third-order valence-corrected chi connectivity index (χ3v) is 6.46. The van der Waals surface area contributed by atoms with E-state index < -0.39 is 0 Å². The van der Waals surface area contributed by atoms with Crippen molar-refractivity contribution in [1.82, 2.24) is 4.90 Å². The molecule has 3 rings (SSSR count). The fourth-order valence-electron chi connectivity index (χ4n) is 4.31. The molecule has 2 fully saturated rings. The minimum atomic E-state index is 0.675. The van der Waals surface area contributed by atoms with E-state index in [-0.39, 0.29) is 0 Å². The van der Waals surface area contributed by atoms with Crippen molar-refractivity contribution in [1.29, 1.82) is 0 Å². The van der Waals surface area contributed by atoms with Crippen LogP contribution in [-0.4, -0.2) is 37.6 Å². The lowest BCUT2D eigenvalue weighted by atomic mass is 9.83. The Morgan fingerprint density at radius 3 is 2.17 bits per heavy atom. The number of hydrogen-bond donors (Lipinski definition) is 0. The molecule has 1 atom stereocenters. The van der Waals surface area contributed by atoms with Crippen LogP contribution in [0, 0.1) is 11.8 Å². The molecule has 1 aromatic carbocycles. The first-order chi connectivity index (χ1) is 11.7. The van der Waals surface area contributed by atoms with Crippen LogP contribution in [0.1, 0.15) is 64.4 Å². The summed E-state index contributed by atoms with van der Waals surface area (Å²) in [4.78, 5) is 5.28. The molecule has 0 aromatic heterocycles. The maximum absolute atomic E-state index is 2.71. The first-order valence-corrected chi connectivity index (χ1v) is 10.2. The third kappa shape index (κ3) is 4.53. The zero-order chi connectivity index (χ0) is 16.9. The Labute approximate surface area is 149 Å². The van der Waals surface area contributed by atoms with Gasteiger partial charge in [0.2, 0.25) is 0 Å². The molecular formula is C22H36N2. The van der Waals surface area contributed by atoms with Crippen LogP contribution in [0.25, 0.3) is 0 Å². The second kappa shape index (κ2) is 8.38. The van der Waals surface area contributed by atoms with Crippen LogP contribution in [0.3, 0.4) is 0 Å². The number of benzene rings is 1. The summed E-state index contributed by atoms with van der Waals surface area (Å²) >= 11 is 0. The summed E-state index contributed by atoms with van der Waals surface area (Å²) in [5.41, 5.74) is 2.89. The molecule has 24 heavy (non-hydrogen) atoms. The van der Waals surface area contributed by atoms with Gasteiger partial charge in [0.15, 0.2) is 0 Å². The summed E-state index contributed by atoms with van der Waals surface area (Å²) in [6.07, 6.45) is 7.04. The topological polar surface area (TPSA) is 6.48 Å². The molecule has 1 saturated heterocycles. The molecule has 1 saturated carbocycles. The van der Waals surface area contributed by atoms with Crippen LogP contribution in [0.2, 0.25) is 0 Å². The molecule has 1 unspecified atom stereocenters. The molecule has 0 amide bonds. The predicted molar refractivity (Wildman–Crippen MR) is 105 cm³/mol. The van der Waals surface area contributed by atoms with Gasteiger partial charge in [-0.3, -0.25) is 4.90 Å². The Morgan fingerprint density at radius 2 is 1.58 bits per heavy atom. The van der Waals surface area contributed by atoms with Crippen molar-refractivity contribution in [2.45, 2.75) is 58.8 Å². The Morgan fingerprint density at radius 1 is 0.958 bits per heavy atom. The van der Waals surface area contributed by atoms with Crippen molar-refractivity contribution in [3.63, 3.8) is 0 Å². The minimum absolute atomic E-state index is 0.675. The molecule has 134 valence electrons. The Kier molecular flexibility index (Phi) is 6.21. The van der Waals surface area contributed by atoms with Crippen LogP contribution >= 0.6 is 0 Å². The van der Waals surface area contributed by atoms with Crippen molar-refractivity contribution in [3.8, 4) is 0 Å². The molecule has 0 radical (unpaired) electrons. The molecule has 1 aliphatic heterocycles. The summed E-state index contributed by atoms with van der Waals surface area (Å²) in [7, 11) is 0. The molecule has 2 nitrogen and oxygen atoms in total. The van der Waals surface area contributed by atoms with Crippen molar-refractivity contribution in [2.24, 2.45) is 11.8 Å². The molecule has 0 spiro atoms. The van der Waals surface area contributed by atoms with Gasteiger partial charge in [-0.1, -0.05) is 45.7 Å². The van der Waals surface area contributed by atoms with Crippen molar-refractivity contribution in [3.05, 3.63) is 29.8 Å². The molecule has 2 aliphatic rings. The van der Waals surface area contributed by atoms with Gasteiger partial charge in [-0.15, -0.1) is 0 Å². The number of anilines is 1. The van der Waals surface area contributed by atoms with Gasteiger partial charge >= 0.3 is 0 Å². The van der Waals surface area contributed by atoms with Gasteiger partial charge in [0, 0.05) is 38.4 Å². The fourth-order valence-corrected chi connectivity index (χ4v) is 4.31. The Balaban J connectivity index is 1.46. The number of hydrogen-bond acceptors (Lipinski definition) is 2. The van der Waals surface area contributed by atoms with Gasteiger partial charge in [0.05, 0.1) is 0 Å². The largest absolute Gasteiger partial charge is 0.369 e. The van der Waals surface area contributed by atoms with Gasteiger partial charge < -0.3 is 4.90 Å². The molecule has 1 heterocycles. The van der Waals surface area contributed by atoms with Gasteiger partial charge in [-0.25, -0.2) is 0 Å². The summed E-state index contributed by atoms with van der Waals surface area (Å²) in [6, 6.07) is 9.33. The number of nitrogens with zero attached hydrogens (tertiary/aromatic N) is 2. The quantitative estimate of drug-likeness (QED) is 0.737. The Hall–Kier alpha value is -1.02. The van der Waals surface area contributed by atoms with E-state index in [4.69, 9.17) is 0 Å². The minimum Gasteiger partial charge on any atom is -0.369 e. The molecule has 0 bridgehead atoms. The van der Waals surface area contributed by atoms with Gasteiger partial charge in [-0.2, -0.15) is 0 Å².